The van der Waals surface area contributed by atoms with Crippen molar-refractivity contribution >= 4 is 39.3 Å². The van der Waals surface area contributed by atoms with E-state index in [9.17, 15) is 0 Å². The largest absolute Gasteiger partial charge is 0.304 e. The van der Waals surface area contributed by atoms with E-state index in [1.165, 1.54) is 27.1 Å². The van der Waals surface area contributed by atoms with Crippen LogP contribution in [0.1, 0.15) is 10.4 Å². The molecule has 1 heterocycles. The summed E-state index contributed by atoms with van der Waals surface area (Å²) in [6, 6.07) is 17.2. The molecule has 0 aliphatic heterocycles. The quantitative estimate of drug-likeness (QED) is 0.379. The normalized spacial score (nSPS) is 12.1. The second-order valence-electron chi connectivity index (χ2n) is 4.80. The van der Waals surface area contributed by atoms with Crippen LogP contribution in [0.4, 0.5) is 5.13 Å². The van der Waals surface area contributed by atoms with Gasteiger partial charge in [0.1, 0.15) is 0 Å². The van der Waals surface area contributed by atoms with Crippen LogP contribution in [0, 0.1) is 0 Å². The van der Waals surface area contributed by atoms with Crippen LogP contribution in [-0.2, 0) is 6.42 Å². The lowest BCUT2D eigenvalue weighted by Gasteiger charge is -2.05. The maximum Gasteiger partial charge on any atom is 0.192 e. The molecule has 0 radical (unpaired) electrons. The van der Waals surface area contributed by atoms with Gasteiger partial charge in [-0.15, -0.1) is 11.3 Å². The van der Waals surface area contributed by atoms with Gasteiger partial charge in [0.25, 0.3) is 0 Å². The second-order valence-corrected chi connectivity index (χ2v) is 6.42. The Balaban J connectivity index is 1.79. The molecule has 1 aliphatic rings. The highest BCUT2D eigenvalue weighted by molar-refractivity contribution is 14.1. The molecule has 20 heavy (non-hydrogen) atoms. The summed E-state index contributed by atoms with van der Waals surface area (Å²) in [5, 5.41) is 0.994. The Morgan fingerprint density at radius 2 is 1.90 bits per heavy atom. The van der Waals surface area contributed by atoms with Crippen molar-refractivity contribution in [3.05, 3.63) is 59.0 Å². The fourth-order valence-electron chi connectivity index (χ4n) is 2.68. The summed E-state index contributed by atoms with van der Waals surface area (Å²) in [5.41, 5.74) is 6.39. The van der Waals surface area contributed by atoms with Crippen LogP contribution >= 0.6 is 34.2 Å². The van der Waals surface area contributed by atoms with E-state index in [0.717, 1.165) is 17.2 Å². The molecule has 0 unspecified atom stereocenters. The maximum absolute atomic E-state index is 4.65. The van der Waals surface area contributed by atoms with Crippen LogP contribution in [-0.4, -0.2) is 4.98 Å². The number of aromatic nitrogens is 1. The van der Waals surface area contributed by atoms with Gasteiger partial charge >= 0.3 is 0 Å². The van der Waals surface area contributed by atoms with Crippen LogP contribution < -0.4 is 3.53 Å². The van der Waals surface area contributed by atoms with E-state index in [2.05, 4.69) is 79.9 Å². The molecule has 0 saturated heterocycles. The number of hydrogen-bond donors (Lipinski definition) is 1. The first-order valence-corrected chi connectivity index (χ1v) is 8.30. The standard InChI is InChI=1S/C16H11IN2S/c17-19-16-18-15-13-7-6-11(10-4-2-1-3-5-10)8-12(13)9-14(15)20-16/h1-8H,9H2,(H,18,19). The number of fused-ring (bicyclic) bond motifs is 3. The molecule has 0 atom stereocenters. The first-order valence-electron chi connectivity index (χ1n) is 6.40. The Morgan fingerprint density at radius 3 is 2.70 bits per heavy atom. The second kappa shape index (κ2) is 4.86. The monoisotopic (exact) mass is 390 g/mol. The summed E-state index contributed by atoms with van der Waals surface area (Å²) in [6.07, 6.45) is 1.00. The highest BCUT2D eigenvalue weighted by Crippen LogP contribution is 2.42. The van der Waals surface area contributed by atoms with E-state index < -0.39 is 0 Å². The molecular weight excluding hydrogens is 379 g/mol. The first-order chi connectivity index (χ1) is 9.85. The number of thiazole rings is 1. The number of rotatable bonds is 2. The highest BCUT2D eigenvalue weighted by Gasteiger charge is 2.23. The molecule has 1 N–H and O–H groups in total. The third-order valence-corrected chi connectivity index (χ3v) is 5.44. The van der Waals surface area contributed by atoms with Crippen molar-refractivity contribution in [3.8, 4) is 22.4 Å². The van der Waals surface area contributed by atoms with E-state index in [-0.39, 0.29) is 0 Å². The molecule has 4 rings (SSSR count). The lowest BCUT2D eigenvalue weighted by molar-refractivity contribution is 1.31. The smallest absolute Gasteiger partial charge is 0.192 e. The van der Waals surface area contributed by atoms with Crippen molar-refractivity contribution in [2.75, 3.05) is 3.53 Å². The van der Waals surface area contributed by atoms with Gasteiger partial charge in [-0.25, -0.2) is 4.98 Å². The van der Waals surface area contributed by atoms with Gasteiger partial charge in [-0.05, 0) is 16.7 Å². The van der Waals surface area contributed by atoms with Gasteiger partial charge in [0.2, 0.25) is 0 Å². The molecule has 4 heteroatoms. The van der Waals surface area contributed by atoms with Gasteiger partial charge in [0.05, 0.1) is 28.6 Å². The summed E-state index contributed by atoms with van der Waals surface area (Å²) >= 11 is 3.88. The van der Waals surface area contributed by atoms with E-state index in [0.29, 0.717) is 0 Å². The first kappa shape index (κ1) is 12.3. The molecular formula is C16H11IN2S. The molecule has 98 valence electrons. The van der Waals surface area contributed by atoms with E-state index >= 15 is 0 Å². The van der Waals surface area contributed by atoms with Crippen LogP contribution in [0.2, 0.25) is 0 Å². The minimum atomic E-state index is 0.994. The van der Waals surface area contributed by atoms with Gasteiger partial charge in [-0.2, -0.15) is 0 Å². The Bertz CT molecular complexity index is 780. The van der Waals surface area contributed by atoms with Gasteiger partial charge in [0, 0.05) is 16.9 Å². The molecule has 0 spiro atoms. The number of halogens is 1. The SMILES string of the molecule is INc1nc2c(s1)Cc1cc(-c3ccccc3)ccc1-2. The molecule has 0 amide bonds. The van der Waals surface area contributed by atoms with Gasteiger partial charge in [0.15, 0.2) is 5.13 Å². The molecule has 0 fully saturated rings. The van der Waals surface area contributed by atoms with E-state index in [1.54, 1.807) is 11.3 Å². The molecule has 2 nitrogen and oxygen atoms in total. The van der Waals surface area contributed by atoms with Crippen LogP contribution in [0.25, 0.3) is 22.4 Å². The lowest BCUT2D eigenvalue weighted by atomic mass is 10.0. The highest BCUT2D eigenvalue weighted by atomic mass is 127. The Hall–Kier alpha value is -1.40. The molecule has 0 saturated carbocycles. The number of hydrogen-bond acceptors (Lipinski definition) is 3. The summed E-state index contributed by atoms with van der Waals surface area (Å²) in [6.45, 7) is 0. The average Bonchev–Trinajstić information content (AvgIpc) is 3.04. The Labute approximate surface area is 135 Å². The summed E-state index contributed by atoms with van der Waals surface area (Å²) < 4.78 is 3.10. The average molecular weight is 390 g/mol. The van der Waals surface area contributed by atoms with E-state index in [4.69, 9.17) is 0 Å². The van der Waals surface area contributed by atoms with Crippen molar-refractivity contribution in [1.82, 2.24) is 4.98 Å². The number of benzene rings is 2. The Morgan fingerprint density at radius 1 is 1.05 bits per heavy atom. The van der Waals surface area contributed by atoms with Crippen molar-refractivity contribution in [2.45, 2.75) is 6.42 Å². The molecule has 2 aromatic carbocycles. The summed E-state index contributed by atoms with van der Waals surface area (Å²) in [5.74, 6) is 0. The van der Waals surface area contributed by atoms with Gasteiger partial charge in [-0.3, -0.25) is 0 Å². The van der Waals surface area contributed by atoms with Crippen molar-refractivity contribution in [1.29, 1.82) is 0 Å². The Kier molecular flexibility index (Phi) is 3.00. The maximum atomic E-state index is 4.65. The third kappa shape index (κ3) is 1.94. The summed E-state index contributed by atoms with van der Waals surface area (Å²) in [4.78, 5) is 6.02. The molecule has 0 bridgehead atoms. The zero-order valence-electron chi connectivity index (χ0n) is 10.6. The van der Waals surface area contributed by atoms with Crippen LogP contribution in [0.15, 0.2) is 48.5 Å². The molecule has 1 aliphatic carbocycles. The minimum absolute atomic E-state index is 0.994. The van der Waals surface area contributed by atoms with E-state index in [1.807, 2.05) is 0 Å². The van der Waals surface area contributed by atoms with Crippen LogP contribution in [0.3, 0.4) is 0 Å². The number of nitrogens with one attached hydrogen (secondary N) is 1. The van der Waals surface area contributed by atoms with Crippen LogP contribution in [0.5, 0.6) is 0 Å². The fraction of sp³-hybridized carbons (Fsp3) is 0.0625. The summed E-state index contributed by atoms with van der Waals surface area (Å²) in [7, 11) is 0. The number of nitrogens with zero attached hydrogens (tertiary/aromatic N) is 1. The predicted octanol–water partition coefficient (Wildman–Crippen LogP) is 5.14. The molecule has 3 aromatic rings. The zero-order chi connectivity index (χ0) is 13.5. The van der Waals surface area contributed by atoms with Gasteiger partial charge in [-0.1, -0.05) is 48.5 Å². The fourth-order valence-corrected chi connectivity index (χ4v) is 4.02. The lowest BCUT2D eigenvalue weighted by Crippen LogP contribution is -1.85. The third-order valence-electron chi connectivity index (χ3n) is 3.60. The zero-order valence-corrected chi connectivity index (χ0v) is 13.5. The van der Waals surface area contributed by atoms with Crippen molar-refractivity contribution in [2.24, 2.45) is 0 Å². The molecule has 1 aromatic heterocycles. The predicted molar refractivity (Wildman–Crippen MR) is 93.4 cm³/mol. The minimum Gasteiger partial charge on any atom is -0.304 e. The topological polar surface area (TPSA) is 24.9 Å². The van der Waals surface area contributed by atoms with Gasteiger partial charge < -0.3 is 3.53 Å². The van der Waals surface area contributed by atoms with Crippen molar-refractivity contribution < 1.29 is 0 Å². The number of anilines is 1. The van der Waals surface area contributed by atoms with Crippen molar-refractivity contribution in [3.63, 3.8) is 0 Å².